The van der Waals surface area contributed by atoms with Crippen molar-refractivity contribution in [3.05, 3.63) is 104 Å². The molecule has 0 N–H and O–H groups in total. The van der Waals surface area contributed by atoms with Crippen molar-refractivity contribution in [3.8, 4) is 0 Å². The van der Waals surface area contributed by atoms with E-state index in [1.807, 2.05) is 6.07 Å². The molecule has 0 aromatic heterocycles. The first-order valence-electron chi connectivity index (χ1n) is 8.27. The van der Waals surface area contributed by atoms with Gasteiger partial charge in [-0.2, -0.15) is 0 Å². The van der Waals surface area contributed by atoms with E-state index in [0.717, 1.165) is 0 Å². The molecule has 160 valence electrons. The second kappa shape index (κ2) is 11.9. The average molecular weight is 521 g/mol. The highest BCUT2D eigenvalue weighted by Crippen LogP contribution is 2.23. The lowest BCUT2D eigenvalue weighted by atomic mass is 10.2. The van der Waals surface area contributed by atoms with Crippen molar-refractivity contribution >= 4 is 75.2 Å². The van der Waals surface area contributed by atoms with E-state index in [4.69, 9.17) is 58.0 Å². The maximum absolute atomic E-state index is 11.8. The molecule has 0 atom stereocenters. The summed E-state index contributed by atoms with van der Waals surface area (Å²) in [7, 11) is 0. The van der Waals surface area contributed by atoms with Crippen molar-refractivity contribution in [1.29, 1.82) is 0 Å². The minimum Gasteiger partial charge on any atom is -0.276 e. The first kappa shape index (κ1) is 25.0. The lowest BCUT2D eigenvalue weighted by Gasteiger charge is -2.06. The Morgan fingerprint density at radius 1 is 0.613 bits per heavy atom. The van der Waals surface area contributed by atoms with Gasteiger partial charge in [0.25, 0.3) is 5.24 Å². The SMILES string of the molecule is O=C(Cl)c1ccccc1.O=C(OOC(=O)c1ccc(Cl)cc1Cl)c1ccc(Cl)cc1Cl. The predicted octanol–water partition coefficient (Wildman–Crippen LogP) is 7.29. The van der Waals surface area contributed by atoms with Crippen LogP contribution >= 0.6 is 58.0 Å². The summed E-state index contributed by atoms with van der Waals surface area (Å²) in [6.45, 7) is 0. The predicted molar refractivity (Wildman–Crippen MR) is 120 cm³/mol. The Balaban J connectivity index is 0.000000316. The molecule has 3 rings (SSSR count). The van der Waals surface area contributed by atoms with Crippen LogP contribution in [0.4, 0.5) is 0 Å². The van der Waals surface area contributed by atoms with E-state index in [1.54, 1.807) is 24.3 Å². The Labute approximate surface area is 202 Å². The standard InChI is InChI=1S/C14H6Cl4O4.C7H5ClO/c15-7-1-3-9(11(17)5-7)13(19)21-22-14(20)10-4-2-8(16)6-12(10)18;8-7(9)6-4-2-1-3-5-6/h1-6H;1-5H. The lowest BCUT2D eigenvalue weighted by Crippen LogP contribution is -2.12. The van der Waals surface area contributed by atoms with Crippen molar-refractivity contribution in [2.45, 2.75) is 0 Å². The quantitative estimate of drug-likeness (QED) is 0.206. The summed E-state index contributed by atoms with van der Waals surface area (Å²) in [5, 5.41) is 0.435. The molecule has 0 unspecified atom stereocenters. The highest BCUT2D eigenvalue weighted by molar-refractivity contribution is 6.67. The fraction of sp³-hybridized carbons (Fsp3) is 0. The number of hydrogen-bond acceptors (Lipinski definition) is 5. The molecular formula is C21H11Cl5O5. The number of benzene rings is 3. The van der Waals surface area contributed by atoms with Gasteiger partial charge in [-0.1, -0.05) is 76.7 Å². The van der Waals surface area contributed by atoms with Gasteiger partial charge in [-0.15, -0.1) is 0 Å². The zero-order valence-corrected chi connectivity index (χ0v) is 19.1. The van der Waals surface area contributed by atoms with Crippen LogP contribution in [0.1, 0.15) is 31.1 Å². The third-order valence-electron chi connectivity index (χ3n) is 3.50. The van der Waals surface area contributed by atoms with Crippen LogP contribution in [-0.4, -0.2) is 17.2 Å². The minimum atomic E-state index is -0.944. The molecule has 0 aliphatic rings. The Bertz CT molecular complexity index is 1040. The molecule has 31 heavy (non-hydrogen) atoms. The van der Waals surface area contributed by atoms with Crippen LogP contribution in [0.3, 0.4) is 0 Å². The molecule has 0 bridgehead atoms. The molecule has 3 aromatic carbocycles. The van der Waals surface area contributed by atoms with Crippen molar-refractivity contribution < 1.29 is 24.2 Å². The van der Waals surface area contributed by atoms with Gasteiger partial charge in [0.15, 0.2) is 0 Å². The zero-order valence-electron chi connectivity index (χ0n) is 15.3. The minimum absolute atomic E-state index is 0.000990. The van der Waals surface area contributed by atoms with Crippen molar-refractivity contribution in [1.82, 2.24) is 0 Å². The summed E-state index contributed by atoms with van der Waals surface area (Å²) >= 11 is 28.3. The summed E-state index contributed by atoms with van der Waals surface area (Å²) in [6.07, 6.45) is 0. The van der Waals surface area contributed by atoms with Crippen LogP contribution in [0.15, 0.2) is 66.7 Å². The maximum atomic E-state index is 11.8. The zero-order chi connectivity index (χ0) is 23.0. The summed E-state index contributed by atoms with van der Waals surface area (Å²) in [5.74, 6) is -1.89. The molecule has 5 nitrogen and oxygen atoms in total. The molecule has 10 heteroatoms. The molecular weight excluding hydrogens is 509 g/mol. The third kappa shape index (κ3) is 7.73. The van der Waals surface area contributed by atoms with Gasteiger partial charge >= 0.3 is 11.9 Å². The van der Waals surface area contributed by atoms with Gasteiger partial charge in [0.1, 0.15) is 0 Å². The van der Waals surface area contributed by atoms with Crippen LogP contribution in [0.25, 0.3) is 0 Å². The van der Waals surface area contributed by atoms with E-state index in [0.29, 0.717) is 15.6 Å². The summed E-state index contributed by atoms with van der Waals surface area (Å²) in [5.41, 5.74) is 0.543. The van der Waals surface area contributed by atoms with Crippen molar-refractivity contribution in [3.63, 3.8) is 0 Å². The van der Waals surface area contributed by atoms with Crippen LogP contribution < -0.4 is 0 Å². The van der Waals surface area contributed by atoms with E-state index in [-0.39, 0.29) is 21.2 Å². The molecule has 0 aliphatic heterocycles. The van der Waals surface area contributed by atoms with Gasteiger partial charge in [-0.05, 0) is 48.0 Å². The van der Waals surface area contributed by atoms with Gasteiger partial charge < -0.3 is 0 Å². The average Bonchev–Trinajstić information content (AvgIpc) is 2.73. The van der Waals surface area contributed by atoms with Crippen LogP contribution in [0.2, 0.25) is 20.1 Å². The number of carbonyl (C=O) groups excluding carboxylic acids is 3. The van der Waals surface area contributed by atoms with Gasteiger partial charge in [-0.3, -0.25) is 4.79 Å². The lowest BCUT2D eigenvalue weighted by molar-refractivity contribution is -0.187. The molecule has 0 radical (unpaired) electrons. The number of hydrogen-bond donors (Lipinski definition) is 0. The Kier molecular flexibility index (Phi) is 9.62. The van der Waals surface area contributed by atoms with Gasteiger partial charge in [-0.25, -0.2) is 19.4 Å². The van der Waals surface area contributed by atoms with Crippen LogP contribution in [-0.2, 0) is 9.78 Å². The molecule has 0 saturated heterocycles. The smallest absolute Gasteiger partial charge is 0.276 e. The second-order valence-corrected chi connectivity index (χ2v) is 7.66. The maximum Gasteiger partial charge on any atom is 0.387 e. The number of halogens is 5. The summed E-state index contributed by atoms with van der Waals surface area (Å²) in [4.78, 5) is 42.8. The van der Waals surface area contributed by atoms with Crippen molar-refractivity contribution in [2.24, 2.45) is 0 Å². The first-order chi connectivity index (χ1) is 14.7. The Hall–Kier alpha value is -2.28. The van der Waals surface area contributed by atoms with E-state index in [2.05, 4.69) is 9.78 Å². The van der Waals surface area contributed by atoms with E-state index >= 15 is 0 Å². The molecule has 0 amide bonds. The normalized spacial score (nSPS) is 9.84. The summed E-state index contributed by atoms with van der Waals surface area (Å²) < 4.78 is 0. The fourth-order valence-corrected chi connectivity index (χ4v) is 3.14. The third-order valence-corrected chi connectivity index (χ3v) is 4.81. The number of rotatable bonds is 3. The van der Waals surface area contributed by atoms with Gasteiger partial charge in [0.05, 0.1) is 21.2 Å². The number of carbonyl (C=O) groups is 3. The molecule has 0 heterocycles. The van der Waals surface area contributed by atoms with Crippen LogP contribution in [0.5, 0.6) is 0 Å². The molecule has 0 fully saturated rings. The van der Waals surface area contributed by atoms with Crippen molar-refractivity contribution in [2.75, 3.05) is 0 Å². The largest absolute Gasteiger partial charge is 0.387 e. The second-order valence-electron chi connectivity index (χ2n) is 5.63. The van der Waals surface area contributed by atoms with Gasteiger partial charge in [0.2, 0.25) is 0 Å². The molecule has 0 aliphatic carbocycles. The van der Waals surface area contributed by atoms with E-state index < -0.39 is 17.2 Å². The molecule has 0 spiro atoms. The fourth-order valence-electron chi connectivity index (χ4n) is 2.04. The van der Waals surface area contributed by atoms with Gasteiger partial charge in [0, 0.05) is 15.6 Å². The molecule has 0 saturated carbocycles. The monoisotopic (exact) mass is 518 g/mol. The van der Waals surface area contributed by atoms with E-state index in [1.165, 1.54) is 36.4 Å². The Morgan fingerprint density at radius 2 is 1.03 bits per heavy atom. The highest BCUT2D eigenvalue weighted by atomic mass is 35.5. The highest BCUT2D eigenvalue weighted by Gasteiger charge is 2.18. The molecule has 3 aromatic rings. The Morgan fingerprint density at radius 3 is 1.35 bits per heavy atom. The summed E-state index contributed by atoms with van der Waals surface area (Å²) in [6, 6.07) is 17.0. The topological polar surface area (TPSA) is 69.7 Å². The van der Waals surface area contributed by atoms with E-state index in [9.17, 15) is 14.4 Å². The first-order valence-corrected chi connectivity index (χ1v) is 10.2. The van der Waals surface area contributed by atoms with Crippen LogP contribution in [0, 0.1) is 0 Å².